The van der Waals surface area contributed by atoms with Gasteiger partial charge in [0.1, 0.15) is 11.9 Å². The summed E-state index contributed by atoms with van der Waals surface area (Å²) in [6.45, 7) is 2.72. The Morgan fingerprint density at radius 1 is 1.29 bits per heavy atom. The first-order chi connectivity index (χ1) is 16.3. The maximum Gasteiger partial charge on any atom is 0.434 e. The molecular weight excluding hydrogens is 489 g/mol. The molecule has 186 valence electrons. The number of nitriles is 1. The predicted octanol–water partition coefficient (Wildman–Crippen LogP) is 2.54. The fourth-order valence-electron chi connectivity index (χ4n) is 3.52. The van der Waals surface area contributed by atoms with Crippen LogP contribution in [0.4, 0.5) is 19.0 Å². The van der Waals surface area contributed by atoms with E-state index in [-0.39, 0.29) is 31.1 Å². The number of amides is 1. The van der Waals surface area contributed by atoms with E-state index in [1.807, 2.05) is 4.72 Å². The molecule has 1 N–H and O–H groups in total. The molecule has 1 aromatic heterocycles. The molecule has 1 aromatic carbocycles. The van der Waals surface area contributed by atoms with Crippen molar-refractivity contribution in [3.8, 4) is 6.07 Å². The number of hydrogen-bond donors (Lipinski definition) is 1. The van der Waals surface area contributed by atoms with Crippen molar-refractivity contribution in [2.24, 2.45) is 5.92 Å². The Balaban J connectivity index is 1.75. The summed E-state index contributed by atoms with van der Waals surface area (Å²) in [5, 5.41) is 9.40. The van der Waals surface area contributed by atoms with Gasteiger partial charge in [0.2, 0.25) is 15.9 Å². The predicted molar refractivity (Wildman–Crippen MR) is 118 cm³/mol. The number of nitrogens with zero attached hydrogens (tertiary/aromatic N) is 3. The minimum absolute atomic E-state index is 0.163. The first kappa shape index (κ1) is 26.0. The third-order valence-electron chi connectivity index (χ3n) is 5.13. The van der Waals surface area contributed by atoms with Crippen molar-refractivity contribution in [2.45, 2.75) is 25.8 Å². The van der Waals surface area contributed by atoms with Crippen molar-refractivity contribution in [1.29, 1.82) is 5.26 Å². The fourth-order valence-corrected chi connectivity index (χ4v) is 4.68. The zero-order valence-corrected chi connectivity index (χ0v) is 19.5. The average molecular weight is 510 g/mol. The molecule has 0 saturated carbocycles. The van der Waals surface area contributed by atoms with Crippen molar-refractivity contribution in [2.75, 3.05) is 24.6 Å². The van der Waals surface area contributed by atoms with Crippen LogP contribution in [-0.4, -0.2) is 45.0 Å². The van der Waals surface area contributed by atoms with Crippen LogP contribution in [0.5, 0.6) is 0 Å². The summed E-state index contributed by atoms with van der Waals surface area (Å²) >= 11 is 0. The van der Waals surface area contributed by atoms with Gasteiger partial charge in [-0.1, -0.05) is 29.8 Å². The van der Waals surface area contributed by atoms with Crippen LogP contribution in [-0.2, 0) is 31.5 Å². The molecule has 1 fully saturated rings. The summed E-state index contributed by atoms with van der Waals surface area (Å²) in [4.78, 5) is 29.1. The van der Waals surface area contributed by atoms with Crippen LogP contribution < -0.4 is 9.62 Å². The first-order valence-electron chi connectivity index (χ1n) is 10.4. The number of carbonyl (C=O) groups excluding carboxylic acids is 2. The largest absolute Gasteiger partial charge is 0.462 e. The van der Waals surface area contributed by atoms with Gasteiger partial charge in [-0.15, -0.1) is 0 Å². The summed E-state index contributed by atoms with van der Waals surface area (Å²) in [5.41, 5.74) is -1.38. The number of benzene rings is 1. The van der Waals surface area contributed by atoms with E-state index in [1.165, 1.54) is 11.8 Å². The number of pyridine rings is 1. The Hall–Kier alpha value is -3.66. The molecule has 1 saturated heterocycles. The smallest absolute Gasteiger partial charge is 0.434 e. The number of carbonyl (C=O) groups is 2. The lowest BCUT2D eigenvalue weighted by molar-refractivity contribution is -0.141. The van der Waals surface area contributed by atoms with Gasteiger partial charge in [-0.25, -0.2) is 18.2 Å². The Kier molecular flexibility index (Phi) is 7.35. The SMILES string of the molecule is CCOC(=O)c1cc(C#N)c(N2CC(C(=O)NS(=O)(=O)Cc3cccc(C)c3)C2)nc1C(F)(F)F. The summed E-state index contributed by atoms with van der Waals surface area (Å²) in [5.74, 6) is -3.71. The zero-order valence-electron chi connectivity index (χ0n) is 18.7. The molecule has 0 unspecified atom stereocenters. The highest BCUT2D eigenvalue weighted by atomic mass is 32.2. The number of sulfonamides is 1. The molecule has 0 bridgehead atoms. The maximum absolute atomic E-state index is 13.5. The molecule has 0 aliphatic carbocycles. The van der Waals surface area contributed by atoms with Gasteiger partial charge in [-0.3, -0.25) is 9.52 Å². The number of anilines is 1. The highest BCUT2D eigenvalue weighted by molar-refractivity contribution is 7.89. The molecule has 0 atom stereocenters. The molecule has 0 spiro atoms. The lowest BCUT2D eigenvalue weighted by Gasteiger charge is -2.39. The second kappa shape index (κ2) is 9.91. The van der Waals surface area contributed by atoms with Gasteiger partial charge >= 0.3 is 12.1 Å². The van der Waals surface area contributed by atoms with Crippen molar-refractivity contribution in [3.63, 3.8) is 0 Å². The number of hydrogen-bond acceptors (Lipinski definition) is 8. The third kappa shape index (κ3) is 6.07. The standard InChI is InChI=1S/C22H21F3N4O5S/c1-3-34-21(31)17-8-15(9-26)19(27-18(17)22(23,24)25)29-10-16(11-29)20(30)28-35(32,33)12-14-6-4-5-13(2)7-14/h4-8,16H,3,10-12H2,1-2H3,(H,28,30). The molecule has 2 aromatic rings. The minimum Gasteiger partial charge on any atom is -0.462 e. The van der Waals surface area contributed by atoms with Crippen LogP contribution in [0.1, 0.15) is 39.7 Å². The van der Waals surface area contributed by atoms with Crippen LogP contribution in [0.2, 0.25) is 0 Å². The van der Waals surface area contributed by atoms with Gasteiger partial charge in [0.25, 0.3) is 0 Å². The quantitative estimate of drug-likeness (QED) is 0.563. The lowest BCUT2D eigenvalue weighted by Crippen LogP contribution is -2.55. The number of alkyl halides is 3. The molecule has 1 aliphatic heterocycles. The van der Waals surface area contributed by atoms with Gasteiger partial charge in [0, 0.05) is 13.1 Å². The topological polar surface area (TPSA) is 129 Å². The van der Waals surface area contributed by atoms with E-state index in [1.54, 1.807) is 37.3 Å². The Morgan fingerprint density at radius 3 is 2.54 bits per heavy atom. The summed E-state index contributed by atoms with van der Waals surface area (Å²) in [7, 11) is -4.00. The number of ether oxygens (including phenoxy) is 1. The van der Waals surface area contributed by atoms with Gasteiger partial charge in [-0.05, 0) is 25.5 Å². The van der Waals surface area contributed by atoms with Crippen LogP contribution >= 0.6 is 0 Å². The second-order valence-electron chi connectivity index (χ2n) is 7.90. The van der Waals surface area contributed by atoms with Gasteiger partial charge in [-0.2, -0.15) is 18.4 Å². The second-order valence-corrected chi connectivity index (χ2v) is 9.62. The number of aryl methyl sites for hydroxylation is 1. The van der Waals surface area contributed by atoms with E-state index in [0.717, 1.165) is 11.6 Å². The molecule has 0 radical (unpaired) electrons. The molecule has 3 rings (SSSR count). The normalized spacial score (nSPS) is 14.1. The van der Waals surface area contributed by atoms with E-state index < -0.39 is 51.0 Å². The molecule has 1 aliphatic rings. The summed E-state index contributed by atoms with van der Waals surface area (Å²) < 4.78 is 72.0. The number of nitrogens with one attached hydrogen (secondary N) is 1. The molecule has 2 heterocycles. The molecule has 9 nitrogen and oxygen atoms in total. The lowest BCUT2D eigenvalue weighted by atomic mass is 9.98. The molecular formula is C22H21F3N4O5S. The van der Waals surface area contributed by atoms with E-state index in [0.29, 0.717) is 5.56 Å². The number of rotatable bonds is 7. The first-order valence-corrected chi connectivity index (χ1v) is 12.0. The highest BCUT2D eigenvalue weighted by Gasteiger charge is 2.42. The summed E-state index contributed by atoms with van der Waals surface area (Å²) in [6, 6.07) is 9.21. The van der Waals surface area contributed by atoms with E-state index >= 15 is 0 Å². The number of esters is 1. The Bertz CT molecular complexity index is 1300. The van der Waals surface area contributed by atoms with E-state index in [2.05, 4.69) is 9.72 Å². The Labute approximate surface area is 199 Å². The minimum atomic E-state index is -5.00. The fraction of sp³-hybridized carbons (Fsp3) is 0.364. The zero-order chi connectivity index (χ0) is 26.0. The van der Waals surface area contributed by atoms with Crippen molar-refractivity contribution < 1.29 is 35.9 Å². The molecule has 13 heteroatoms. The van der Waals surface area contributed by atoms with Crippen molar-refractivity contribution >= 4 is 27.7 Å². The summed E-state index contributed by atoms with van der Waals surface area (Å²) in [6.07, 6.45) is -5.00. The Morgan fingerprint density at radius 2 is 1.97 bits per heavy atom. The highest BCUT2D eigenvalue weighted by Crippen LogP contribution is 2.35. The van der Waals surface area contributed by atoms with Crippen LogP contribution in [0.3, 0.4) is 0 Å². The average Bonchev–Trinajstić information content (AvgIpc) is 2.71. The third-order valence-corrected chi connectivity index (χ3v) is 6.36. The van der Waals surface area contributed by atoms with Crippen LogP contribution in [0.15, 0.2) is 30.3 Å². The van der Waals surface area contributed by atoms with Crippen LogP contribution in [0.25, 0.3) is 0 Å². The maximum atomic E-state index is 13.5. The van der Waals surface area contributed by atoms with Gasteiger partial charge in [0.05, 0.1) is 29.4 Å². The van der Waals surface area contributed by atoms with Crippen molar-refractivity contribution in [1.82, 2.24) is 9.71 Å². The molecule has 1 amide bonds. The number of halogens is 3. The number of aromatic nitrogens is 1. The van der Waals surface area contributed by atoms with E-state index in [9.17, 15) is 36.4 Å². The van der Waals surface area contributed by atoms with Gasteiger partial charge < -0.3 is 9.64 Å². The van der Waals surface area contributed by atoms with E-state index in [4.69, 9.17) is 0 Å². The monoisotopic (exact) mass is 510 g/mol. The van der Waals surface area contributed by atoms with Crippen LogP contribution in [0, 0.1) is 24.2 Å². The van der Waals surface area contributed by atoms with Gasteiger partial charge in [0.15, 0.2) is 5.69 Å². The molecule has 35 heavy (non-hydrogen) atoms. The van der Waals surface area contributed by atoms with Crippen molar-refractivity contribution in [3.05, 3.63) is 58.3 Å².